The molecule has 194 valence electrons. The second-order valence-electron chi connectivity index (χ2n) is 7.76. The third-order valence-corrected chi connectivity index (χ3v) is 5.24. The average molecular weight is 484 g/mol. The summed E-state index contributed by atoms with van der Waals surface area (Å²) in [5, 5.41) is 79.2. The van der Waals surface area contributed by atoms with Crippen LogP contribution in [0.5, 0.6) is 0 Å². The first-order valence-electron chi connectivity index (χ1n) is 10.3. The van der Waals surface area contributed by atoms with Crippen molar-refractivity contribution in [3.8, 4) is 0 Å². The van der Waals surface area contributed by atoms with Crippen LogP contribution in [-0.2, 0) is 9.47 Å². The Morgan fingerprint density at radius 2 is 1.33 bits per heavy atom. The van der Waals surface area contributed by atoms with E-state index in [1.54, 1.807) is 0 Å². The van der Waals surface area contributed by atoms with Gasteiger partial charge in [0.1, 0.15) is 35.9 Å². The molecular formula is C18H37N5O10. The molecular weight excluding hydrogens is 446 g/mol. The van der Waals surface area contributed by atoms with Gasteiger partial charge in [-0.2, -0.15) is 0 Å². The van der Waals surface area contributed by atoms with E-state index in [2.05, 4.69) is 0 Å². The molecule has 1 rings (SSSR count). The van der Waals surface area contributed by atoms with Gasteiger partial charge in [0.2, 0.25) is 6.29 Å². The molecule has 0 aromatic heterocycles. The van der Waals surface area contributed by atoms with Crippen molar-refractivity contribution in [1.29, 1.82) is 0 Å². The summed E-state index contributed by atoms with van der Waals surface area (Å²) in [4.78, 5) is 0. The molecule has 0 heterocycles. The monoisotopic (exact) mass is 483 g/mol. The minimum absolute atomic E-state index is 0.0235. The van der Waals surface area contributed by atoms with Crippen molar-refractivity contribution in [1.82, 2.24) is 0 Å². The van der Waals surface area contributed by atoms with Crippen molar-refractivity contribution in [2.75, 3.05) is 13.2 Å². The summed E-state index contributed by atoms with van der Waals surface area (Å²) in [6.07, 6.45) is -11.7. The molecule has 1 fully saturated rings. The van der Waals surface area contributed by atoms with E-state index in [9.17, 15) is 35.7 Å². The molecule has 1 saturated carbocycles. The molecule has 0 radical (unpaired) electrons. The van der Waals surface area contributed by atoms with Crippen LogP contribution in [-0.4, -0.2) is 109 Å². The van der Waals surface area contributed by atoms with Gasteiger partial charge in [0.05, 0.1) is 11.8 Å². The maximum Gasteiger partial charge on any atom is 0.216 e. The van der Waals surface area contributed by atoms with Gasteiger partial charge in [-0.15, -0.1) is 0 Å². The fourth-order valence-electron chi connectivity index (χ4n) is 3.28. The Morgan fingerprint density at radius 1 is 0.818 bits per heavy atom. The zero-order valence-electron chi connectivity index (χ0n) is 18.0. The molecule has 18 N–H and O–H groups in total. The van der Waals surface area contributed by atoms with Gasteiger partial charge < -0.3 is 79.0 Å². The largest absolute Gasteiger partial charge is 0.508 e. The molecule has 0 aliphatic heterocycles. The molecule has 0 bridgehead atoms. The van der Waals surface area contributed by atoms with Gasteiger partial charge in [-0.1, -0.05) is 0 Å². The molecule has 1 aliphatic rings. The summed E-state index contributed by atoms with van der Waals surface area (Å²) < 4.78 is 10.5. The highest BCUT2D eigenvalue weighted by atomic mass is 16.6. The second-order valence-corrected chi connectivity index (χ2v) is 7.76. The standard InChI is InChI=1S/C18H37N5O10/c19-3-1-9(26)12(27)11(23)17(30)32-15-6(20)5-7(21)16(14(15)29)33-18(31)13(28)10(22)8(25)2-4-24/h6-9,14-18,24-31H,1-5,19-23H2/b12-11+,13-10?/t6?,7?,8-,9-,14+,15?,16?,17-,18?/m1/s1. The maximum atomic E-state index is 10.7. The van der Waals surface area contributed by atoms with Crippen LogP contribution in [0.15, 0.2) is 22.9 Å². The highest BCUT2D eigenvalue weighted by molar-refractivity contribution is 5.12. The Bertz CT molecular complexity index is 627. The quantitative estimate of drug-likeness (QED) is 0.0910. The van der Waals surface area contributed by atoms with Gasteiger partial charge in [-0.25, -0.2) is 0 Å². The van der Waals surface area contributed by atoms with Crippen LogP contribution in [0.25, 0.3) is 0 Å². The Hall–Kier alpha value is -1.76. The van der Waals surface area contributed by atoms with Crippen LogP contribution >= 0.6 is 0 Å². The number of ether oxygens (including phenoxy) is 2. The van der Waals surface area contributed by atoms with E-state index >= 15 is 0 Å². The molecule has 15 nitrogen and oxygen atoms in total. The van der Waals surface area contributed by atoms with Gasteiger partial charge in [0.25, 0.3) is 0 Å². The normalized spacial score (nSPS) is 31.2. The average Bonchev–Trinajstić information content (AvgIpc) is 2.77. The Morgan fingerprint density at radius 3 is 1.82 bits per heavy atom. The minimum atomic E-state index is -2.11. The van der Waals surface area contributed by atoms with Crippen molar-refractivity contribution in [3.63, 3.8) is 0 Å². The summed E-state index contributed by atoms with van der Waals surface area (Å²) in [6.45, 7) is -0.405. The number of aliphatic hydroxyl groups is 8. The SMILES string of the molecule is NCC[C@@H](O)/C(O)=C(\N)[C@H](O)OC1C(N)CC(N)C(OC(O)C(O)=C(N)[C@H](O)CCO)[C@H]1O. The van der Waals surface area contributed by atoms with Crippen molar-refractivity contribution in [2.24, 2.45) is 28.7 Å². The zero-order valence-corrected chi connectivity index (χ0v) is 18.0. The predicted molar refractivity (Wildman–Crippen MR) is 113 cm³/mol. The molecule has 33 heavy (non-hydrogen) atoms. The minimum Gasteiger partial charge on any atom is -0.508 e. The number of nitrogens with two attached hydrogens (primary N) is 5. The smallest absolute Gasteiger partial charge is 0.216 e. The number of aliphatic hydroxyl groups excluding tert-OH is 8. The van der Waals surface area contributed by atoms with Crippen LogP contribution in [0.2, 0.25) is 0 Å². The molecule has 0 amide bonds. The van der Waals surface area contributed by atoms with E-state index in [0.29, 0.717) is 0 Å². The summed E-state index contributed by atoms with van der Waals surface area (Å²) in [5.41, 5.74) is 27.1. The first-order chi connectivity index (χ1) is 15.4. The van der Waals surface area contributed by atoms with Crippen molar-refractivity contribution < 1.29 is 50.3 Å². The second kappa shape index (κ2) is 13.2. The third-order valence-electron chi connectivity index (χ3n) is 5.24. The Balaban J connectivity index is 2.98. The first kappa shape index (κ1) is 29.3. The van der Waals surface area contributed by atoms with E-state index in [1.807, 2.05) is 0 Å². The summed E-state index contributed by atoms with van der Waals surface area (Å²) in [7, 11) is 0. The van der Waals surface area contributed by atoms with Crippen LogP contribution in [0.3, 0.4) is 0 Å². The fraction of sp³-hybridized carbons (Fsp3) is 0.778. The highest BCUT2D eigenvalue weighted by Gasteiger charge is 2.45. The number of rotatable bonds is 12. The van der Waals surface area contributed by atoms with Crippen LogP contribution in [0.4, 0.5) is 0 Å². The van der Waals surface area contributed by atoms with E-state index in [-0.39, 0.29) is 25.8 Å². The topological polar surface area (TPSA) is 310 Å². The summed E-state index contributed by atoms with van der Waals surface area (Å²) in [6, 6.07) is -1.89. The predicted octanol–water partition coefficient (Wildman–Crippen LogP) is -5.28. The molecule has 1 aliphatic carbocycles. The van der Waals surface area contributed by atoms with Gasteiger partial charge >= 0.3 is 0 Å². The highest BCUT2D eigenvalue weighted by Crippen LogP contribution is 2.27. The molecule has 15 heteroatoms. The van der Waals surface area contributed by atoms with Gasteiger partial charge in [-0.3, -0.25) is 0 Å². The first-order valence-corrected chi connectivity index (χ1v) is 10.3. The number of hydrogen-bond donors (Lipinski definition) is 13. The Labute approximate surface area is 190 Å². The summed E-state index contributed by atoms with van der Waals surface area (Å²) >= 11 is 0. The number of hydrogen-bond acceptors (Lipinski definition) is 15. The van der Waals surface area contributed by atoms with Gasteiger partial charge in [0, 0.05) is 25.1 Å². The lowest BCUT2D eigenvalue weighted by Gasteiger charge is -2.43. The molecule has 9 atom stereocenters. The maximum absolute atomic E-state index is 10.7. The van der Waals surface area contributed by atoms with Crippen molar-refractivity contribution >= 4 is 0 Å². The van der Waals surface area contributed by atoms with Crippen LogP contribution < -0.4 is 28.7 Å². The lowest BCUT2D eigenvalue weighted by molar-refractivity contribution is -0.226. The molecule has 0 spiro atoms. The van der Waals surface area contributed by atoms with Crippen LogP contribution in [0.1, 0.15) is 19.3 Å². The molecule has 0 saturated heterocycles. The summed E-state index contributed by atoms with van der Waals surface area (Å²) in [5.74, 6) is -1.72. The van der Waals surface area contributed by atoms with Crippen LogP contribution in [0, 0.1) is 0 Å². The molecule has 0 aromatic carbocycles. The van der Waals surface area contributed by atoms with E-state index in [1.165, 1.54) is 0 Å². The van der Waals surface area contributed by atoms with E-state index in [0.717, 1.165) is 0 Å². The fourth-order valence-corrected chi connectivity index (χ4v) is 3.28. The lowest BCUT2D eigenvalue weighted by atomic mass is 9.84. The van der Waals surface area contributed by atoms with E-state index < -0.39 is 84.7 Å². The molecule has 0 aromatic rings. The lowest BCUT2D eigenvalue weighted by Crippen LogP contribution is -2.64. The van der Waals surface area contributed by atoms with Gasteiger partial charge in [0.15, 0.2) is 12.0 Å². The third kappa shape index (κ3) is 7.62. The zero-order chi connectivity index (χ0) is 25.5. The van der Waals surface area contributed by atoms with E-state index in [4.69, 9.17) is 43.2 Å². The van der Waals surface area contributed by atoms with Crippen molar-refractivity contribution in [2.45, 2.75) is 74.4 Å². The Kier molecular flexibility index (Phi) is 11.7. The van der Waals surface area contributed by atoms with Crippen molar-refractivity contribution in [3.05, 3.63) is 22.9 Å². The molecule has 5 unspecified atom stereocenters. The van der Waals surface area contributed by atoms with Gasteiger partial charge in [-0.05, 0) is 19.4 Å².